The lowest BCUT2D eigenvalue weighted by Crippen LogP contribution is -2.02. The Hall–Kier alpha value is -1.71. The third kappa shape index (κ3) is 3.95. The molecule has 1 rings (SSSR count). The number of benzene rings is 1. The molecule has 0 unspecified atom stereocenters. The lowest BCUT2D eigenvalue weighted by atomic mass is 10.0. The van der Waals surface area contributed by atoms with Crippen LogP contribution in [-0.2, 0) is 0 Å². The minimum Gasteiger partial charge on any atom is -0.507 e. The molecule has 18 heavy (non-hydrogen) atoms. The van der Waals surface area contributed by atoms with Gasteiger partial charge in [-0.25, -0.2) is 0 Å². The van der Waals surface area contributed by atoms with E-state index in [1.165, 1.54) is 18.9 Å². The van der Waals surface area contributed by atoms with E-state index in [2.05, 4.69) is 12.1 Å². The minimum atomic E-state index is 0.0811. The molecule has 2 N–H and O–H groups in total. The zero-order chi connectivity index (χ0) is 13.4. The van der Waals surface area contributed by atoms with Crippen LogP contribution < -0.4 is 4.74 Å². The van der Waals surface area contributed by atoms with Crippen molar-refractivity contribution in [2.75, 3.05) is 7.11 Å². The number of phenols is 1. The average Bonchev–Trinajstić information content (AvgIpc) is 2.39. The van der Waals surface area contributed by atoms with Gasteiger partial charge in [-0.05, 0) is 25.0 Å². The Morgan fingerprint density at radius 2 is 2.06 bits per heavy atom. The third-order valence-corrected chi connectivity index (χ3v) is 2.90. The van der Waals surface area contributed by atoms with Gasteiger partial charge < -0.3 is 15.1 Å². The van der Waals surface area contributed by atoms with E-state index in [1.807, 2.05) is 0 Å². The van der Waals surface area contributed by atoms with Crippen LogP contribution in [0, 0.1) is 0 Å². The summed E-state index contributed by atoms with van der Waals surface area (Å²) in [6.07, 6.45) is 5.06. The number of methoxy groups -OCH3 is 1. The average molecular weight is 251 g/mol. The minimum absolute atomic E-state index is 0.0811. The molecule has 0 aliphatic heterocycles. The first kappa shape index (κ1) is 14.4. The summed E-state index contributed by atoms with van der Waals surface area (Å²) < 4.78 is 5.01. The largest absolute Gasteiger partial charge is 0.507 e. The molecule has 0 aliphatic rings. The first-order valence-electron chi connectivity index (χ1n) is 6.31. The lowest BCUT2D eigenvalue weighted by molar-refractivity contribution is 0.317. The fraction of sp³-hybridized carbons (Fsp3) is 0.500. The molecule has 0 saturated heterocycles. The lowest BCUT2D eigenvalue weighted by Gasteiger charge is -2.08. The van der Waals surface area contributed by atoms with Gasteiger partial charge in [-0.15, -0.1) is 0 Å². The highest BCUT2D eigenvalue weighted by molar-refractivity contribution is 6.02. The Morgan fingerprint density at radius 1 is 1.28 bits per heavy atom. The van der Waals surface area contributed by atoms with Gasteiger partial charge in [-0.1, -0.05) is 31.3 Å². The summed E-state index contributed by atoms with van der Waals surface area (Å²) in [4.78, 5) is 0. The Kier molecular flexibility index (Phi) is 6.05. The standard InChI is InChI=1S/C14H21NO3/c1-3-4-5-6-7-13(15-17)12-9-8-11(18-2)10-14(12)16/h8-10,16-17H,3-7H2,1-2H3. The van der Waals surface area contributed by atoms with E-state index in [0.717, 1.165) is 12.8 Å². The van der Waals surface area contributed by atoms with E-state index in [0.29, 0.717) is 23.4 Å². The summed E-state index contributed by atoms with van der Waals surface area (Å²) in [6, 6.07) is 4.97. The van der Waals surface area contributed by atoms with Crippen LogP contribution >= 0.6 is 0 Å². The molecule has 0 amide bonds. The van der Waals surface area contributed by atoms with E-state index in [9.17, 15) is 5.11 Å². The van der Waals surface area contributed by atoms with Gasteiger partial charge in [0, 0.05) is 11.6 Å². The molecule has 100 valence electrons. The maximum Gasteiger partial charge on any atom is 0.128 e. The number of aromatic hydroxyl groups is 1. The molecule has 0 atom stereocenters. The van der Waals surface area contributed by atoms with Crippen LogP contribution in [0.2, 0.25) is 0 Å². The quantitative estimate of drug-likeness (QED) is 0.337. The molecular formula is C14H21NO3. The maximum atomic E-state index is 9.85. The van der Waals surface area contributed by atoms with Crippen molar-refractivity contribution in [3.8, 4) is 11.5 Å². The maximum absolute atomic E-state index is 9.85. The van der Waals surface area contributed by atoms with Crippen molar-refractivity contribution in [2.45, 2.75) is 39.0 Å². The predicted molar refractivity (Wildman–Crippen MR) is 71.7 cm³/mol. The molecular weight excluding hydrogens is 230 g/mol. The number of rotatable bonds is 7. The van der Waals surface area contributed by atoms with E-state index in [4.69, 9.17) is 9.94 Å². The molecule has 0 heterocycles. The van der Waals surface area contributed by atoms with E-state index < -0.39 is 0 Å². The molecule has 0 spiro atoms. The smallest absolute Gasteiger partial charge is 0.128 e. The highest BCUT2D eigenvalue weighted by Gasteiger charge is 2.10. The zero-order valence-electron chi connectivity index (χ0n) is 11.0. The molecule has 0 saturated carbocycles. The molecule has 4 nitrogen and oxygen atoms in total. The van der Waals surface area contributed by atoms with Crippen molar-refractivity contribution in [1.29, 1.82) is 0 Å². The van der Waals surface area contributed by atoms with Crippen LogP contribution in [0.1, 0.15) is 44.6 Å². The summed E-state index contributed by atoms with van der Waals surface area (Å²) in [6.45, 7) is 2.15. The number of ether oxygens (including phenoxy) is 1. The summed E-state index contributed by atoms with van der Waals surface area (Å²) in [7, 11) is 1.54. The molecule has 1 aromatic carbocycles. The van der Waals surface area contributed by atoms with E-state index in [-0.39, 0.29) is 5.75 Å². The van der Waals surface area contributed by atoms with Crippen LogP contribution in [0.4, 0.5) is 0 Å². The van der Waals surface area contributed by atoms with Crippen molar-refractivity contribution in [3.05, 3.63) is 23.8 Å². The van der Waals surface area contributed by atoms with Crippen molar-refractivity contribution in [1.82, 2.24) is 0 Å². The van der Waals surface area contributed by atoms with Gasteiger partial charge in [-0.2, -0.15) is 0 Å². The van der Waals surface area contributed by atoms with Crippen LogP contribution in [-0.4, -0.2) is 23.1 Å². The number of hydrogen-bond donors (Lipinski definition) is 2. The molecule has 0 fully saturated rings. The summed E-state index contributed by atoms with van der Waals surface area (Å²) in [5.41, 5.74) is 1.08. The van der Waals surface area contributed by atoms with Crippen LogP contribution in [0.15, 0.2) is 23.4 Å². The van der Waals surface area contributed by atoms with Gasteiger partial charge in [0.2, 0.25) is 0 Å². The van der Waals surface area contributed by atoms with Gasteiger partial charge in [0.1, 0.15) is 11.5 Å². The van der Waals surface area contributed by atoms with Crippen LogP contribution in [0.25, 0.3) is 0 Å². The Labute approximate surface area is 108 Å². The summed E-state index contributed by atoms with van der Waals surface area (Å²) >= 11 is 0. The number of nitrogens with zero attached hydrogens (tertiary/aromatic N) is 1. The van der Waals surface area contributed by atoms with Gasteiger partial charge >= 0.3 is 0 Å². The molecule has 0 bridgehead atoms. The predicted octanol–water partition coefficient (Wildman–Crippen LogP) is 3.55. The van der Waals surface area contributed by atoms with Crippen molar-refractivity contribution in [3.63, 3.8) is 0 Å². The second-order valence-corrected chi connectivity index (χ2v) is 4.24. The van der Waals surface area contributed by atoms with Crippen molar-refractivity contribution >= 4 is 5.71 Å². The van der Waals surface area contributed by atoms with Gasteiger partial charge in [0.25, 0.3) is 0 Å². The summed E-state index contributed by atoms with van der Waals surface area (Å²) in [5.74, 6) is 0.664. The summed E-state index contributed by atoms with van der Waals surface area (Å²) in [5, 5.41) is 22.2. The second-order valence-electron chi connectivity index (χ2n) is 4.24. The van der Waals surface area contributed by atoms with Gasteiger partial charge in [-0.3, -0.25) is 0 Å². The second kappa shape index (κ2) is 7.58. The number of unbranched alkanes of at least 4 members (excludes halogenated alkanes) is 3. The van der Waals surface area contributed by atoms with Crippen molar-refractivity contribution < 1.29 is 15.1 Å². The SMILES string of the molecule is CCCCCCC(=NO)c1ccc(OC)cc1O. The van der Waals surface area contributed by atoms with E-state index >= 15 is 0 Å². The topological polar surface area (TPSA) is 62.1 Å². The zero-order valence-corrected chi connectivity index (χ0v) is 11.0. The first-order chi connectivity index (χ1) is 8.72. The van der Waals surface area contributed by atoms with Gasteiger partial charge in [0.05, 0.1) is 12.8 Å². The number of oxime groups is 1. The molecule has 1 aromatic rings. The Morgan fingerprint density at radius 3 is 2.61 bits per heavy atom. The molecule has 0 radical (unpaired) electrons. The highest BCUT2D eigenvalue weighted by Crippen LogP contribution is 2.25. The Balaban J connectivity index is 2.71. The highest BCUT2D eigenvalue weighted by atomic mass is 16.5. The fourth-order valence-corrected chi connectivity index (χ4v) is 1.84. The van der Waals surface area contributed by atoms with Crippen molar-refractivity contribution in [2.24, 2.45) is 5.16 Å². The number of phenolic OH excluding ortho intramolecular Hbond substituents is 1. The molecule has 0 aliphatic carbocycles. The normalized spacial score (nSPS) is 11.6. The number of hydrogen-bond acceptors (Lipinski definition) is 4. The van der Waals surface area contributed by atoms with Gasteiger partial charge in [0.15, 0.2) is 0 Å². The fourth-order valence-electron chi connectivity index (χ4n) is 1.84. The molecule has 4 heteroatoms. The van der Waals surface area contributed by atoms with Crippen LogP contribution in [0.5, 0.6) is 11.5 Å². The molecule has 0 aromatic heterocycles. The Bertz CT molecular complexity index is 402. The first-order valence-corrected chi connectivity index (χ1v) is 6.31. The van der Waals surface area contributed by atoms with E-state index in [1.54, 1.807) is 19.2 Å². The van der Waals surface area contributed by atoms with Crippen LogP contribution in [0.3, 0.4) is 0 Å². The third-order valence-electron chi connectivity index (χ3n) is 2.90. The monoisotopic (exact) mass is 251 g/mol.